The third kappa shape index (κ3) is 4.61. The predicted molar refractivity (Wildman–Crippen MR) is 73.5 cm³/mol. The smallest absolute Gasteiger partial charge is 0.125 e. The van der Waals surface area contributed by atoms with Crippen LogP contribution in [0, 0.1) is 6.92 Å². The molecule has 0 saturated carbocycles. The van der Waals surface area contributed by atoms with Gasteiger partial charge in [0.05, 0.1) is 6.61 Å². The summed E-state index contributed by atoms with van der Waals surface area (Å²) in [5, 5.41) is 0. The minimum atomic E-state index is 0.153. The molecule has 0 aliphatic carbocycles. The van der Waals surface area contributed by atoms with Gasteiger partial charge in [0.1, 0.15) is 5.75 Å². The van der Waals surface area contributed by atoms with Gasteiger partial charge in [0, 0.05) is 12.5 Å². The monoisotopic (exact) mass is 233 g/mol. The topological polar surface area (TPSA) is 35.2 Å². The molecule has 2 heteroatoms. The molecule has 0 fully saturated rings. The Bertz CT molecular complexity index is 383. The molecule has 1 aromatic rings. The van der Waals surface area contributed by atoms with Crippen molar-refractivity contribution in [3.05, 3.63) is 41.5 Å². The van der Waals surface area contributed by atoms with Crippen molar-refractivity contribution < 1.29 is 4.74 Å². The minimum Gasteiger partial charge on any atom is -0.493 e. The number of nitrogens with two attached hydrogens (primary N) is 1. The highest BCUT2D eigenvalue weighted by atomic mass is 16.5. The van der Waals surface area contributed by atoms with Crippen LogP contribution < -0.4 is 10.5 Å². The lowest BCUT2D eigenvalue weighted by Crippen LogP contribution is -2.18. The quantitative estimate of drug-likeness (QED) is 0.766. The molecular formula is C15H23NO. The van der Waals surface area contributed by atoms with Crippen LogP contribution in [0.5, 0.6) is 5.75 Å². The van der Waals surface area contributed by atoms with Gasteiger partial charge in [-0.25, -0.2) is 0 Å². The van der Waals surface area contributed by atoms with Crippen molar-refractivity contribution in [2.75, 3.05) is 6.61 Å². The van der Waals surface area contributed by atoms with Gasteiger partial charge in [-0.2, -0.15) is 0 Å². The van der Waals surface area contributed by atoms with E-state index in [1.165, 1.54) is 11.1 Å². The molecule has 0 amide bonds. The fraction of sp³-hybridized carbons (Fsp3) is 0.467. The molecule has 1 atom stereocenters. The summed E-state index contributed by atoms with van der Waals surface area (Å²) >= 11 is 0. The fourth-order valence-corrected chi connectivity index (χ4v) is 1.75. The molecular weight excluding hydrogens is 210 g/mol. The standard InChI is InChI=1S/C15H23NO/c1-11(2)8-9-17-15-12(3)6-5-7-14(15)10-13(4)16/h5-7,13H,1,8-10,16H2,2-4H3. The second kappa shape index (κ2) is 6.45. The van der Waals surface area contributed by atoms with Gasteiger partial charge in [-0.05, 0) is 38.3 Å². The second-order valence-electron chi connectivity index (χ2n) is 4.80. The molecule has 0 bridgehead atoms. The maximum atomic E-state index is 5.86. The maximum absolute atomic E-state index is 5.86. The number of aryl methyl sites for hydroxylation is 1. The Balaban J connectivity index is 2.76. The number of rotatable bonds is 6. The van der Waals surface area contributed by atoms with Gasteiger partial charge in [0.15, 0.2) is 0 Å². The normalized spacial score (nSPS) is 12.2. The van der Waals surface area contributed by atoms with Crippen LogP contribution in [0.2, 0.25) is 0 Å². The summed E-state index contributed by atoms with van der Waals surface area (Å²) in [5.41, 5.74) is 9.36. The third-order valence-corrected chi connectivity index (χ3v) is 2.61. The van der Waals surface area contributed by atoms with Crippen molar-refractivity contribution in [3.63, 3.8) is 0 Å². The highest BCUT2D eigenvalue weighted by Gasteiger charge is 2.08. The summed E-state index contributed by atoms with van der Waals surface area (Å²) in [5.74, 6) is 0.992. The van der Waals surface area contributed by atoms with Crippen LogP contribution >= 0.6 is 0 Å². The Kier molecular flexibility index (Phi) is 5.23. The van der Waals surface area contributed by atoms with Crippen LogP contribution in [0.25, 0.3) is 0 Å². The average Bonchev–Trinajstić information content (AvgIpc) is 2.21. The number of hydrogen-bond donors (Lipinski definition) is 1. The van der Waals surface area contributed by atoms with E-state index in [4.69, 9.17) is 10.5 Å². The van der Waals surface area contributed by atoms with E-state index < -0.39 is 0 Å². The predicted octanol–water partition coefficient (Wildman–Crippen LogP) is 3.23. The number of benzene rings is 1. The molecule has 0 aliphatic rings. The average molecular weight is 233 g/mol. The van der Waals surface area contributed by atoms with E-state index in [9.17, 15) is 0 Å². The Morgan fingerprint density at radius 1 is 1.47 bits per heavy atom. The summed E-state index contributed by atoms with van der Waals surface area (Å²) in [4.78, 5) is 0. The summed E-state index contributed by atoms with van der Waals surface area (Å²) < 4.78 is 5.86. The first-order valence-electron chi connectivity index (χ1n) is 6.12. The van der Waals surface area contributed by atoms with Gasteiger partial charge in [-0.1, -0.05) is 23.8 Å². The molecule has 17 heavy (non-hydrogen) atoms. The zero-order valence-corrected chi connectivity index (χ0v) is 11.1. The van der Waals surface area contributed by atoms with Crippen LogP contribution in [0.15, 0.2) is 30.4 Å². The van der Waals surface area contributed by atoms with E-state index in [0.29, 0.717) is 6.61 Å². The third-order valence-electron chi connectivity index (χ3n) is 2.61. The second-order valence-corrected chi connectivity index (χ2v) is 4.80. The first-order chi connectivity index (χ1) is 8.00. The highest BCUT2D eigenvalue weighted by Crippen LogP contribution is 2.24. The van der Waals surface area contributed by atoms with E-state index in [2.05, 4.69) is 31.7 Å². The van der Waals surface area contributed by atoms with Crippen molar-refractivity contribution >= 4 is 0 Å². The zero-order chi connectivity index (χ0) is 12.8. The Hall–Kier alpha value is -1.28. The Labute approximate surface area is 104 Å². The molecule has 0 heterocycles. The van der Waals surface area contributed by atoms with Crippen molar-refractivity contribution in [1.29, 1.82) is 0 Å². The maximum Gasteiger partial charge on any atom is 0.125 e. The molecule has 1 unspecified atom stereocenters. The lowest BCUT2D eigenvalue weighted by Gasteiger charge is -2.15. The van der Waals surface area contributed by atoms with Crippen molar-refractivity contribution in [2.45, 2.75) is 39.7 Å². The van der Waals surface area contributed by atoms with Crippen molar-refractivity contribution in [2.24, 2.45) is 5.73 Å². The van der Waals surface area contributed by atoms with Gasteiger partial charge in [-0.3, -0.25) is 0 Å². The largest absolute Gasteiger partial charge is 0.493 e. The van der Waals surface area contributed by atoms with E-state index in [1.807, 2.05) is 13.8 Å². The number of ether oxygens (including phenoxy) is 1. The Morgan fingerprint density at radius 2 is 2.18 bits per heavy atom. The van der Waals surface area contributed by atoms with E-state index >= 15 is 0 Å². The van der Waals surface area contributed by atoms with Gasteiger partial charge in [0.25, 0.3) is 0 Å². The summed E-state index contributed by atoms with van der Waals surface area (Å²) in [7, 11) is 0. The van der Waals surface area contributed by atoms with E-state index in [1.54, 1.807) is 0 Å². The van der Waals surface area contributed by atoms with Crippen LogP contribution in [-0.4, -0.2) is 12.6 Å². The van der Waals surface area contributed by atoms with Gasteiger partial charge >= 0.3 is 0 Å². The number of hydrogen-bond acceptors (Lipinski definition) is 2. The van der Waals surface area contributed by atoms with Crippen molar-refractivity contribution in [1.82, 2.24) is 0 Å². The molecule has 1 aromatic carbocycles. The molecule has 1 rings (SSSR count). The highest BCUT2D eigenvalue weighted by molar-refractivity contribution is 5.41. The molecule has 94 valence electrons. The Morgan fingerprint density at radius 3 is 2.76 bits per heavy atom. The molecule has 2 N–H and O–H groups in total. The van der Waals surface area contributed by atoms with Crippen molar-refractivity contribution in [3.8, 4) is 5.75 Å². The molecule has 0 spiro atoms. The minimum absolute atomic E-state index is 0.153. The molecule has 0 radical (unpaired) electrons. The summed E-state index contributed by atoms with van der Waals surface area (Å²) in [6.07, 6.45) is 1.75. The van der Waals surface area contributed by atoms with E-state index in [-0.39, 0.29) is 6.04 Å². The van der Waals surface area contributed by atoms with Crippen LogP contribution in [0.3, 0.4) is 0 Å². The summed E-state index contributed by atoms with van der Waals surface area (Å²) in [6, 6.07) is 6.37. The summed E-state index contributed by atoms with van der Waals surface area (Å²) in [6.45, 7) is 10.7. The fourth-order valence-electron chi connectivity index (χ4n) is 1.75. The first kappa shape index (κ1) is 13.8. The van der Waals surface area contributed by atoms with Gasteiger partial charge in [0.2, 0.25) is 0 Å². The lowest BCUT2D eigenvalue weighted by molar-refractivity contribution is 0.315. The SMILES string of the molecule is C=C(C)CCOc1c(C)cccc1CC(C)N. The molecule has 2 nitrogen and oxygen atoms in total. The van der Waals surface area contributed by atoms with Crippen LogP contribution in [0.4, 0.5) is 0 Å². The van der Waals surface area contributed by atoms with Crippen LogP contribution in [-0.2, 0) is 6.42 Å². The van der Waals surface area contributed by atoms with Gasteiger partial charge < -0.3 is 10.5 Å². The molecule has 0 aliphatic heterocycles. The lowest BCUT2D eigenvalue weighted by atomic mass is 10.0. The van der Waals surface area contributed by atoms with E-state index in [0.717, 1.165) is 24.2 Å². The van der Waals surface area contributed by atoms with Crippen LogP contribution in [0.1, 0.15) is 31.4 Å². The number of para-hydroxylation sites is 1. The zero-order valence-electron chi connectivity index (χ0n) is 11.1. The van der Waals surface area contributed by atoms with Gasteiger partial charge in [-0.15, -0.1) is 6.58 Å². The molecule has 0 aromatic heterocycles. The first-order valence-corrected chi connectivity index (χ1v) is 6.12. The molecule has 0 saturated heterocycles.